The van der Waals surface area contributed by atoms with Crippen molar-refractivity contribution in [2.24, 2.45) is 0 Å². The molecule has 0 amide bonds. The van der Waals surface area contributed by atoms with Gasteiger partial charge in [-0.25, -0.2) is 9.37 Å². The number of anilines is 1. The van der Waals surface area contributed by atoms with Crippen molar-refractivity contribution in [3.63, 3.8) is 0 Å². The van der Waals surface area contributed by atoms with Gasteiger partial charge in [-0.15, -0.1) is 0 Å². The first-order chi connectivity index (χ1) is 17.3. The summed E-state index contributed by atoms with van der Waals surface area (Å²) in [5.74, 6) is -0.289. The Balaban J connectivity index is 1.39. The van der Waals surface area contributed by atoms with Crippen LogP contribution in [0.2, 0.25) is 0 Å². The number of halogens is 1. The average Bonchev–Trinajstić information content (AvgIpc) is 3.45. The number of hydrogen-bond acceptors (Lipinski definition) is 11. The van der Waals surface area contributed by atoms with Crippen molar-refractivity contribution in [3.05, 3.63) is 70.8 Å². The minimum atomic E-state index is -3.86. The first kappa shape index (κ1) is 25.4. The lowest BCUT2D eigenvalue weighted by Crippen LogP contribution is -2.13. The number of hydrogen-bond donors (Lipinski definition) is 2. The Morgan fingerprint density at radius 3 is 2.83 bits per heavy atom. The standard InChI is InChI=1S/C21H23FN5O8P/c1-13-32-9-15(35-13)10-34-36(29,33-8-14-3-4-17(30-2)16(22)7-14)12-31-6-5-27-11-24-18-19(27)25-21(23)26-20(18)28/h3-4,7,9,11H,1,5-6,8,10,12H2,2H3,(H3,23,25,26,28). The predicted molar refractivity (Wildman–Crippen MR) is 124 cm³/mol. The fourth-order valence-corrected chi connectivity index (χ4v) is 4.36. The van der Waals surface area contributed by atoms with E-state index < -0.39 is 25.3 Å². The number of nitrogen functional groups attached to an aromatic ring is 1. The Morgan fingerprint density at radius 1 is 1.31 bits per heavy atom. The van der Waals surface area contributed by atoms with Crippen LogP contribution in [-0.2, 0) is 41.0 Å². The van der Waals surface area contributed by atoms with Gasteiger partial charge in [0.15, 0.2) is 28.5 Å². The van der Waals surface area contributed by atoms with E-state index in [4.69, 9.17) is 33.7 Å². The van der Waals surface area contributed by atoms with Crippen molar-refractivity contribution in [2.45, 2.75) is 13.2 Å². The van der Waals surface area contributed by atoms with E-state index in [2.05, 4.69) is 21.5 Å². The lowest BCUT2D eigenvalue weighted by atomic mass is 10.2. The highest BCUT2D eigenvalue weighted by Crippen LogP contribution is 2.49. The van der Waals surface area contributed by atoms with Crippen molar-refractivity contribution in [1.29, 1.82) is 0 Å². The van der Waals surface area contributed by atoms with Crippen molar-refractivity contribution < 1.29 is 37.0 Å². The number of benzene rings is 1. The van der Waals surface area contributed by atoms with Crippen molar-refractivity contribution in [1.82, 2.24) is 19.5 Å². The van der Waals surface area contributed by atoms with Gasteiger partial charge >= 0.3 is 7.60 Å². The summed E-state index contributed by atoms with van der Waals surface area (Å²) in [5, 5.41) is 0. The maximum atomic E-state index is 14.0. The molecule has 0 saturated heterocycles. The third-order valence-corrected chi connectivity index (χ3v) is 6.38. The Labute approximate surface area is 203 Å². The molecule has 3 heterocycles. The second-order valence-electron chi connectivity index (χ2n) is 7.40. The molecular weight excluding hydrogens is 500 g/mol. The minimum absolute atomic E-state index is 0.0484. The summed E-state index contributed by atoms with van der Waals surface area (Å²) in [4.78, 5) is 22.4. The highest BCUT2D eigenvalue weighted by molar-refractivity contribution is 7.53. The second-order valence-corrected chi connectivity index (χ2v) is 9.40. The van der Waals surface area contributed by atoms with E-state index in [0.717, 1.165) is 0 Å². The molecule has 1 atom stereocenters. The van der Waals surface area contributed by atoms with Crippen LogP contribution >= 0.6 is 7.60 Å². The van der Waals surface area contributed by atoms with Crippen LogP contribution in [0.15, 0.2) is 53.9 Å². The quantitative estimate of drug-likeness (QED) is 0.265. The van der Waals surface area contributed by atoms with E-state index in [1.54, 1.807) is 10.6 Å². The lowest BCUT2D eigenvalue weighted by molar-refractivity contribution is 0.114. The van der Waals surface area contributed by atoms with Crippen LogP contribution in [0.25, 0.3) is 11.2 Å². The van der Waals surface area contributed by atoms with Crippen LogP contribution in [0.1, 0.15) is 5.56 Å². The number of rotatable bonds is 12. The van der Waals surface area contributed by atoms with Crippen LogP contribution in [0, 0.1) is 5.82 Å². The molecule has 0 aliphatic carbocycles. The molecule has 2 aromatic heterocycles. The highest BCUT2D eigenvalue weighted by atomic mass is 31.2. The molecule has 13 nitrogen and oxygen atoms in total. The van der Waals surface area contributed by atoms with Crippen molar-refractivity contribution >= 4 is 24.7 Å². The van der Waals surface area contributed by atoms with Crippen molar-refractivity contribution in [3.8, 4) is 5.75 Å². The lowest BCUT2D eigenvalue weighted by Gasteiger charge is -2.19. The van der Waals surface area contributed by atoms with Gasteiger partial charge in [0, 0.05) is 6.54 Å². The number of nitrogens with zero attached hydrogens (tertiary/aromatic N) is 3. The molecule has 1 aliphatic rings. The number of aromatic amines is 1. The maximum absolute atomic E-state index is 14.0. The van der Waals surface area contributed by atoms with Gasteiger partial charge in [-0.05, 0) is 24.3 Å². The predicted octanol–water partition coefficient (Wildman–Crippen LogP) is 2.61. The Morgan fingerprint density at radius 2 is 2.11 bits per heavy atom. The highest BCUT2D eigenvalue weighted by Gasteiger charge is 2.28. The number of fused-ring (bicyclic) bond motifs is 1. The molecule has 0 radical (unpaired) electrons. The SMILES string of the molecule is C=C1OC=C(COP(=O)(COCCn2cnc3c(=O)[nH]c(N)nc32)OCc2ccc(OC)c(F)c2)O1. The van der Waals surface area contributed by atoms with Gasteiger partial charge in [0.2, 0.25) is 5.95 Å². The van der Waals surface area contributed by atoms with Gasteiger partial charge in [0.05, 0.1) is 26.7 Å². The van der Waals surface area contributed by atoms with Gasteiger partial charge in [0.25, 0.3) is 11.5 Å². The second kappa shape index (κ2) is 10.9. The molecule has 4 rings (SSSR count). The molecule has 1 aliphatic heterocycles. The van der Waals surface area contributed by atoms with Gasteiger partial charge in [-0.2, -0.15) is 4.98 Å². The average molecular weight is 523 g/mol. The molecule has 3 N–H and O–H groups in total. The number of imidazole rings is 1. The first-order valence-corrected chi connectivity index (χ1v) is 12.2. The number of nitrogens with one attached hydrogen (secondary N) is 1. The first-order valence-electron chi connectivity index (χ1n) is 10.5. The van der Waals surface area contributed by atoms with E-state index in [0.29, 0.717) is 5.56 Å². The molecule has 0 fully saturated rings. The third-order valence-electron chi connectivity index (χ3n) is 4.83. The summed E-state index contributed by atoms with van der Waals surface area (Å²) < 4.78 is 60.5. The molecular formula is C21H23FN5O8P. The number of methoxy groups -OCH3 is 1. The van der Waals surface area contributed by atoms with E-state index in [1.807, 2.05) is 0 Å². The molecule has 15 heteroatoms. The summed E-state index contributed by atoms with van der Waals surface area (Å²) in [6.07, 6.45) is 2.25. The zero-order valence-electron chi connectivity index (χ0n) is 19.1. The van der Waals surface area contributed by atoms with Gasteiger partial charge in [0.1, 0.15) is 19.2 Å². The van der Waals surface area contributed by atoms with Gasteiger partial charge in [-0.1, -0.05) is 6.07 Å². The molecule has 1 aromatic carbocycles. The molecule has 0 saturated carbocycles. The van der Waals surface area contributed by atoms with Gasteiger partial charge in [-0.3, -0.25) is 18.9 Å². The van der Waals surface area contributed by atoms with Crippen LogP contribution in [0.3, 0.4) is 0 Å². The van der Waals surface area contributed by atoms with Crippen LogP contribution in [0.4, 0.5) is 10.3 Å². The molecule has 0 bridgehead atoms. The minimum Gasteiger partial charge on any atom is -0.494 e. The molecule has 0 spiro atoms. The number of ether oxygens (including phenoxy) is 4. The monoisotopic (exact) mass is 523 g/mol. The smallest absolute Gasteiger partial charge is 0.356 e. The summed E-state index contributed by atoms with van der Waals surface area (Å²) in [6, 6.07) is 4.20. The summed E-state index contributed by atoms with van der Waals surface area (Å²) in [5.41, 5.74) is 5.95. The Hall–Kier alpha value is -3.71. The van der Waals surface area contributed by atoms with Crippen LogP contribution in [0.5, 0.6) is 5.75 Å². The Bertz CT molecular complexity index is 1400. The summed E-state index contributed by atoms with van der Waals surface area (Å²) in [6.45, 7) is 3.31. The number of aromatic nitrogens is 4. The van der Waals surface area contributed by atoms with E-state index in [9.17, 15) is 13.8 Å². The summed E-state index contributed by atoms with van der Waals surface area (Å²) >= 11 is 0. The zero-order valence-corrected chi connectivity index (χ0v) is 20.0. The topological polar surface area (TPSA) is 162 Å². The maximum Gasteiger partial charge on any atom is 0.356 e. The molecule has 3 aromatic rings. The molecule has 36 heavy (non-hydrogen) atoms. The van der Waals surface area contributed by atoms with Crippen LogP contribution < -0.4 is 16.0 Å². The van der Waals surface area contributed by atoms with E-state index in [-0.39, 0.29) is 60.9 Å². The fraction of sp³-hybridized carbons (Fsp3) is 0.286. The Kier molecular flexibility index (Phi) is 7.70. The normalized spacial score (nSPS) is 14.8. The van der Waals surface area contributed by atoms with Gasteiger partial charge < -0.3 is 33.8 Å². The van der Waals surface area contributed by atoms with E-state index >= 15 is 0 Å². The van der Waals surface area contributed by atoms with E-state index in [1.165, 1.54) is 31.8 Å². The zero-order chi connectivity index (χ0) is 25.7. The molecule has 192 valence electrons. The fourth-order valence-electron chi connectivity index (χ4n) is 3.11. The molecule has 1 unspecified atom stereocenters. The summed E-state index contributed by atoms with van der Waals surface area (Å²) in [7, 11) is -2.51. The largest absolute Gasteiger partial charge is 0.494 e. The van der Waals surface area contributed by atoms with Crippen molar-refractivity contribution in [2.75, 3.05) is 32.4 Å². The third kappa shape index (κ3) is 6.10. The van der Waals surface area contributed by atoms with Crippen LogP contribution in [-0.4, -0.2) is 46.2 Å². The number of nitrogens with two attached hydrogens (primary N) is 1. The number of H-pyrrole nitrogens is 1.